The summed E-state index contributed by atoms with van der Waals surface area (Å²) >= 11 is 3.19. The molecule has 3 heterocycles. The number of carbonyl (C=O) groups is 2. The van der Waals surface area contributed by atoms with E-state index >= 15 is 0 Å². The van der Waals surface area contributed by atoms with Crippen molar-refractivity contribution in [3.8, 4) is 0 Å². The van der Waals surface area contributed by atoms with Crippen LogP contribution in [0.25, 0.3) is 0 Å². The minimum atomic E-state index is -0.897. The largest absolute Gasteiger partial charge is 0.480 e. The maximum Gasteiger partial charge on any atom is 0.327 e. The highest BCUT2D eigenvalue weighted by Gasteiger charge is 2.57. The Bertz CT molecular complexity index is 473. The number of rotatable bonds is 2. The first-order valence-electron chi connectivity index (χ1n) is 5.38. The van der Waals surface area contributed by atoms with E-state index in [0.29, 0.717) is 12.2 Å². The quantitative estimate of drug-likeness (QED) is 0.888. The summed E-state index contributed by atoms with van der Waals surface area (Å²) in [7, 11) is 0. The van der Waals surface area contributed by atoms with E-state index in [2.05, 4.69) is 0 Å². The van der Waals surface area contributed by atoms with Gasteiger partial charge in [-0.1, -0.05) is 6.07 Å². The standard InChI is InChI=1S/C11H11NO3S2/c13-9-3-4-11(8-2-1-5-16-8)12(9)7(6-17-11)10(14)15/h1-2,5,7H,3-4,6H2,(H,14,15). The number of aliphatic carboxylic acids is 1. The van der Waals surface area contributed by atoms with Gasteiger partial charge in [0.05, 0.1) is 0 Å². The zero-order valence-electron chi connectivity index (χ0n) is 8.96. The molecule has 1 aromatic rings. The molecule has 6 heteroatoms. The molecule has 0 bridgehead atoms. The summed E-state index contributed by atoms with van der Waals surface area (Å²) in [5.41, 5.74) is 0. The second kappa shape index (κ2) is 3.74. The van der Waals surface area contributed by atoms with E-state index < -0.39 is 16.9 Å². The minimum absolute atomic E-state index is 0.0317. The third kappa shape index (κ3) is 1.43. The summed E-state index contributed by atoms with van der Waals surface area (Å²) in [5, 5.41) is 11.2. The van der Waals surface area contributed by atoms with Crippen molar-refractivity contribution in [2.24, 2.45) is 0 Å². The molecule has 4 nitrogen and oxygen atoms in total. The molecule has 2 fully saturated rings. The Morgan fingerprint density at radius 2 is 2.41 bits per heavy atom. The van der Waals surface area contributed by atoms with E-state index in [4.69, 9.17) is 0 Å². The van der Waals surface area contributed by atoms with Gasteiger partial charge >= 0.3 is 5.97 Å². The smallest absolute Gasteiger partial charge is 0.327 e. The lowest BCUT2D eigenvalue weighted by molar-refractivity contribution is -0.148. The first-order chi connectivity index (χ1) is 8.15. The van der Waals surface area contributed by atoms with Gasteiger partial charge in [0.25, 0.3) is 0 Å². The Labute approximate surface area is 107 Å². The first kappa shape index (κ1) is 11.1. The molecule has 1 aromatic heterocycles. The van der Waals surface area contributed by atoms with Crippen LogP contribution in [0.2, 0.25) is 0 Å². The molecule has 2 aliphatic heterocycles. The summed E-state index contributed by atoms with van der Waals surface area (Å²) in [6.45, 7) is 0. The van der Waals surface area contributed by atoms with Crippen LogP contribution in [0.5, 0.6) is 0 Å². The molecule has 0 saturated carbocycles. The highest BCUT2D eigenvalue weighted by molar-refractivity contribution is 8.00. The highest BCUT2D eigenvalue weighted by atomic mass is 32.2. The molecular formula is C11H11NO3S2. The van der Waals surface area contributed by atoms with Crippen molar-refractivity contribution in [2.45, 2.75) is 23.8 Å². The molecule has 1 N–H and O–H groups in total. The molecule has 0 spiro atoms. The number of hydrogen-bond acceptors (Lipinski definition) is 4. The Morgan fingerprint density at radius 3 is 3.06 bits per heavy atom. The zero-order chi connectivity index (χ0) is 12.0. The van der Waals surface area contributed by atoms with E-state index in [0.717, 1.165) is 11.3 Å². The average molecular weight is 269 g/mol. The van der Waals surface area contributed by atoms with Crippen molar-refractivity contribution in [1.82, 2.24) is 4.90 Å². The summed E-state index contributed by atoms with van der Waals surface area (Å²) in [4.78, 5) is 25.4. The fraction of sp³-hybridized carbons (Fsp3) is 0.455. The molecular weight excluding hydrogens is 258 g/mol. The van der Waals surface area contributed by atoms with Gasteiger partial charge < -0.3 is 10.0 Å². The van der Waals surface area contributed by atoms with Gasteiger partial charge in [-0.3, -0.25) is 4.79 Å². The summed E-state index contributed by atoms with van der Waals surface area (Å²) in [6, 6.07) is 3.27. The molecule has 2 aliphatic rings. The van der Waals surface area contributed by atoms with Crippen LogP contribution in [0, 0.1) is 0 Å². The average Bonchev–Trinajstić information content (AvgIpc) is 2.95. The Balaban J connectivity index is 2.06. The molecule has 17 heavy (non-hydrogen) atoms. The maximum atomic E-state index is 11.9. The second-order valence-electron chi connectivity index (χ2n) is 4.19. The molecule has 0 radical (unpaired) electrons. The van der Waals surface area contributed by atoms with Gasteiger partial charge in [-0.25, -0.2) is 4.79 Å². The van der Waals surface area contributed by atoms with E-state index in [1.165, 1.54) is 0 Å². The normalized spacial score (nSPS) is 31.9. The van der Waals surface area contributed by atoms with Crippen molar-refractivity contribution in [3.05, 3.63) is 22.4 Å². The van der Waals surface area contributed by atoms with Crippen molar-refractivity contribution in [3.63, 3.8) is 0 Å². The van der Waals surface area contributed by atoms with Crippen LogP contribution >= 0.6 is 23.1 Å². The zero-order valence-corrected chi connectivity index (χ0v) is 10.6. The van der Waals surface area contributed by atoms with Crippen LogP contribution in [0.15, 0.2) is 17.5 Å². The van der Waals surface area contributed by atoms with Crippen LogP contribution < -0.4 is 0 Å². The van der Waals surface area contributed by atoms with Crippen molar-refractivity contribution in [1.29, 1.82) is 0 Å². The van der Waals surface area contributed by atoms with E-state index in [1.807, 2.05) is 17.5 Å². The van der Waals surface area contributed by atoms with Crippen molar-refractivity contribution < 1.29 is 14.7 Å². The van der Waals surface area contributed by atoms with E-state index in [1.54, 1.807) is 28.0 Å². The predicted octanol–water partition coefficient (Wildman–Crippen LogP) is 1.72. The van der Waals surface area contributed by atoms with Crippen LogP contribution in [0.4, 0.5) is 0 Å². The molecule has 2 atom stereocenters. The summed E-state index contributed by atoms with van der Waals surface area (Å²) in [5.74, 6) is -0.444. The number of fused-ring (bicyclic) bond motifs is 1. The van der Waals surface area contributed by atoms with E-state index in [-0.39, 0.29) is 5.91 Å². The van der Waals surface area contributed by atoms with Crippen molar-refractivity contribution in [2.75, 3.05) is 5.75 Å². The Hall–Kier alpha value is -1.01. The highest BCUT2D eigenvalue weighted by Crippen LogP contribution is 2.55. The van der Waals surface area contributed by atoms with Gasteiger partial charge in [-0.05, 0) is 17.9 Å². The molecule has 90 valence electrons. The number of thioether (sulfide) groups is 1. The van der Waals surface area contributed by atoms with Gasteiger partial charge in [-0.15, -0.1) is 23.1 Å². The van der Waals surface area contributed by atoms with E-state index in [9.17, 15) is 14.7 Å². The SMILES string of the molecule is O=C(O)C1CSC2(c3cccs3)CCC(=O)N12. The van der Waals surface area contributed by atoms with Gasteiger partial charge in [-0.2, -0.15) is 0 Å². The van der Waals surface area contributed by atoms with Gasteiger partial charge in [0.15, 0.2) is 0 Å². The number of carboxylic acid groups (broad SMARTS) is 1. The lowest BCUT2D eigenvalue weighted by Crippen LogP contribution is -2.45. The lowest BCUT2D eigenvalue weighted by Gasteiger charge is -2.31. The van der Waals surface area contributed by atoms with Crippen LogP contribution in [0.1, 0.15) is 17.7 Å². The van der Waals surface area contributed by atoms with Crippen molar-refractivity contribution >= 4 is 35.0 Å². The number of carbonyl (C=O) groups excluding carboxylic acids is 1. The summed E-state index contributed by atoms with van der Waals surface area (Å²) < 4.78 is 0. The fourth-order valence-corrected chi connectivity index (χ4v) is 5.29. The predicted molar refractivity (Wildman–Crippen MR) is 66.0 cm³/mol. The van der Waals surface area contributed by atoms with Gasteiger partial charge in [0, 0.05) is 17.1 Å². The molecule has 2 saturated heterocycles. The Kier molecular flexibility index (Phi) is 2.45. The molecule has 0 aromatic carbocycles. The van der Waals surface area contributed by atoms with Gasteiger partial charge in [0.1, 0.15) is 10.9 Å². The maximum absolute atomic E-state index is 11.9. The molecule has 2 unspecified atom stereocenters. The third-order valence-corrected chi connectivity index (χ3v) is 6.05. The molecule has 3 rings (SSSR count). The molecule has 0 aliphatic carbocycles. The topological polar surface area (TPSA) is 57.6 Å². The summed E-state index contributed by atoms with van der Waals surface area (Å²) in [6.07, 6.45) is 1.18. The lowest BCUT2D eigenvalue weighted by atomic mass is 10.1. The molecule has 1 amide bonds. The van der Waals surface area contributed by atoms with Crippen LogP contribution in [-0.2, 0) is 14.5 Å². The number of amides is 1. The first-order valence-corrected chi connectivity index (χ1v) is 7.24. The number of carboxylic acids is 1. The van der Waals surface area contributed by atoms with Crippen LogP contribution in [0.3, 0.4) is 0 Å². The Morgan fingerprint density at radius 1 is 1.59 bits per heavy atom. The second-order valence-corrected chi connectivity index (χ2v) is 6.44. The third-order valence-electron chi connectivity index (χ3n) is 3.32. The number of thiophene rings is 1. The fourth-order valence-electron chi connectivity index (χ4n) is 2.57. The minimum Gasteiger partial charge on any atom is -0.480 e. The van der Waals surface area contributed by atoms with Crippen LogP contribution in [-0.4, -0.2) is 33.7 Å². The number of hydrogen-bond donors (Lipinski definition) is 1. The number of nitrogens with zero attached hydrogens (tertiary/aromatic N) is 1. The monoisotopic (exact) mass is 269 g/mol. The van der Waals surface area contributed by atoms with Gasteiger partial charge in [0.2, 0.25) is 5.91 Å².